The number of nitrogens with one attached hydrogen (secondary N) is 1. The number of carbonyl (C=O) groups excluding carboxylic acids is 1. The van der Waals surface area contributed by atoms with E-state index >= 15 is 0 Å². The number of phenols is 1. The van der Waals surface area contributed by atoms with Crippen LogP contribution < -0.4 is 10.2 Å². The van der Waals surface area contributed by atoms with Gasteiger partial charge in [-0.3, -0.25) is 9.63 Å². The molecule has 0 unspecified atom stereocenters. The molecule has 8 heteroatoms. The molecule has 0 radical (unpaired) electrons. The highest BCUT2D eigenvalue weighted by Crippen LogP contribution is 2.29. The molecule has 0 atom stereocenters. The zero-order chi connectivity index (χ0) is 13.8. The molecule has 1 aromatic carbocycles. The van der Waals surface area contributed by atoms with Crippen LogP contribution in [0.1, 0.15) is 10.4 Å². The zero-order valence-corrected chi connectivity index (χ0v) is 9.25. The zero-order valence-electron chi connectivity index (χ0n) is 9.25. The molecule has 0 aliphatic carbocycles. The van der Waals surface area contributed by atoms with Crippen LogP contribution in [0, 0.1) is 0 Å². The van der Waals surface area contributed by atoms with Crippen molar-refractivity contribution >= 4 is 5.91 Å². The Bertz CT molecular complexity index is 434. The van der Waals surface area contributed by atoms with Crippen LogP contribution in [0.4, 0.5) is 13.2 Å². The lowest BCUT2D eigenvalue weighted by atomic mass is 10.2. The van der Waals surface area contributed by atoms with Crippen molar-refractivity contribution in [2.45, 2.75) is 6.18 Å². The van der Waals surface area contributed by atoms with Crippen molar-refractivity contribution in [2.75, 3.05) is 13.7 Å². The summed E-state index contributed by atoms with van der Waals surface area (Å²) in [6.45, 7) is -1.62. The van der Waals surface area contributed by atoms with Gasteiger partial charge in [0.2, 0.25) is 0 Å². The average Bonchev–Trinajstić information content (AvgIpc) is 2.27. The first-order valence-electron chi connectivity index (χ1n) is 4.70. The van der Waals surface area contributed by atoms with E-state index in [4.69, 9.17) is 4.74 Å². The molecular formula is C10H10F3NO4. The number of alkyl halides is 3. The third-order valence-electron chi connectivity index (χ3n) is 1.86. The minimum atomic E-state index is -4.55. The number of methoxy groups -OCH3 is 1. The smallest absolute Gasteiger partial charge is 0.414 e. The lowest BCUT2D eigenvalue weighted by Gasteiger charge is -2.10. The third kappa shape index (κ3) is 3.81. The summed E-state index contributed by atoms with van der Waals surface area (Å²) in [5, 5.41) is 9.55. The minimum Gasteiger partial charge on any atom is -0.504 e. The maximum absolute atomic E-state index is 11.8. The molecule has 0 aliphatic rings. The van der Waals surface area contributed by atoms with Crippen molar-refractivity contribution < 1.29 is 32.6 Å². The highest BCUT2D eigenvalue weighted by Gasteiger charge is 2.28. The second-order valence-electron chi connectivity index (χ2n) is 3.19. The van der Waals surface area contributed by atoms with Gasteiger partial charge in [-0.25, -0.2) is 5.48 Å². The van der Waals surface area contributed by atoms with E-state index in [9.17, 15) is 23.1 Å². The molecule has 0 spiro atoms. The number of carbonyl (C=O) groups is 1. The van der Waals surface area contributed by atoms with Crippen LogP contribution in [0.2, 0.25) is 0 Å². The average molecular weight is 265 g/mol. The number of aromatic hydroxyl groups is 1. The molecule has 0 saturated heterocycles. The second-order valence-corrected chi connectivity index (χ2v) is 3.19. The van der Waals surface area contributed by atoms with Gasteiger partial charge < -0.3 is 9.84 Å². The van der Waals surface area contributed by atoms with Crippen LogP contribution in [-0.4, -0.2) is 30.9 Å². The maximum atomic E-state index is 11.8. The van der Waals surface area contributed by atoms with Gasteiger partial charge in [-0.1, -0.05) is 6.07 Å². The van der Waals surface area contributed by atoms with E-state index in [2.05, 4.69) is 4.84 Å². The summed E-state index contributed by atoms with van der Waals surface area (Å²) in [6, 6.07) is 4.00. The number of halogens is 3. The minimum absolute atomic E-state index is 0.0264. The van der Waals surface area contributed by atoms with Gasteiger partial charge in [-0.2, -0.15) is 13.2 Å². The monoisotopic (exact) mass is 265 g/mol. The lowest BCUT2D eigenvalue weighted by molar-refractivity contribution is -0.184. The van der Waals surface area contributed by atoms with E-state index in [1.54, 1.807) is 5.48 Å². The van der Waals surface area contributed by atoms with Gasteiger partial charge >= 0.3 is 6.18 Å². The molecule has 1 rings (SSSR count). The predicted octanol–water partition coefficient (Wildman–Crippen LogP) is 1.62. The number of hydrogen-bond donors (Lipinski definition) is 2. The highest BCUT2D eigenvalue weighted by molar-refractivity contribution is 5.96. The molecule has 100 valence electrons. The topological polar surface area (TPSA) is 67.8 Å². The molecule has 0 aromatic heterocycles. The molecule has 0 bridgehead atoms. The fraction of sp³-hybridized carbons (Fsp3) is 0.300. The largest absolute Gasteiger partial charge is 0.504 e. The summed E-state index contributed by atoms with van der Waals surface area (Å²) in [7, 11) is 1.27. The van der Waals surface area contributed by atoms with E-state index in [0.717, 1.165) is 0 Å². The van der Waals surface area contributed by atoms with Crippen LogP contribution in [0.5, 0.6) is 11.5 Å². The van der Waals surface area contributed by atoms with E-state index in [1.807, 2.05) is 0 Å². The molecule has 0 heterocycles. The Hall–Kier alpha value is -1.96. The Morgan fingerprint density at radius 3 is 2.67 bits per heavy atom. The third-order valence-corrected chi connectivity index (χ3v) is 1.86. The van der Waals surface area contributed by atoms with Crippen molar-refractivity contribution in [1.82, 2.24) is 5.48 Å². The SMILES string of the molecule is COc1cccc(C(=O)NOCC(F)(F)F)c1O. The number of hydrogen-bond acceptors (Lipinski definition) is 4. The fourth-order valence-electron chi connectivity index (χ4n) is 1.11. The molecule has 1 aromatic rings. The molecule has 0 aliphatic heterocycles. The molecule has 18 heavy (non-hydrogen) atoms. The Kier molecular flexibility index (Phi) is 4.38. The van der Waals surface area contributed by atoms with Gasteiger partial charge in [0.05, 0.1) is 12.7 Å². The molecule has 0 saturated carbocycles. The fourth-order valence-corrected chi connectivity index (χ4v) is 1.11. The first-order chi connectivity index (χ1) is 8.35. The van der Waals surface area contributed by atoms with Gasteiger partial charge in [-0.05, 0) is 12.1 Å². The molecular weight excluding hydrogens is 255 g/mol. The second kappa shape index (κ2) is 5.58. The van der Waals surface area contributed by atoms with E-state index in [1.165, 1.54) is 25.3 Å². The number of benzene rings is 1. The number of rotatable bonds is 4. The van der Waals surface area contributed by atoms with E-state index in [-0.39, 0.29) is 11.3 Å². The van der Waals surface area contributed by atoms with Crippen LogP contribution in [0.3, 0.4) is 0 Å². The van der Waals surface area contributed by atoms with Crippen molar-refractivity contribution in [3.05, 3.63) is 23.8 Å². The lowest BCUT2D eigenvalue weighted by Crippen LogP contribution is -2.29. The van der Waals surface area contributed by atoms with Crippen LogP contribution >= 0.6 is 0 Å². The number of phenolic OH excluding ortho intramolecular Hbond substituents is 1. The Labute approximate surface area is 100 Å². The summed E-state index contributed by atoms with van der Waals surface area (Å²) in [5.41, 5.74) is 1.32. The number of para-hydroxylation sites is 1. The first kappa shape index (κ1) is 14.1. The summed E-state index contributed by atoms with van der Waals surface area (Å²) in [6.07, 6.45) is -4.55. The van der Waals surface area contributed by atoms with E-state index in [0.29, 0.717) is 0 Å². The number of ether oxygens (including phenoxy) is 1. The Morgan fingerprint density at radius 1 is 1.44 bits per heavy atom. The number of hydroxylamine groups is 1. The van der Waals surface area contributed by atoms with Gasteiger partial charge in [0.15, 0.2) is 18.1 Å². The van der Waals surface area contributed by atoms with E-state index < -0.39 is 24.4 Å². The summed E-state index contributed by atoms with van der Waals surface area (Å²) < 4.78 is 40.0. The Morgan fingerprint density at radius 2 is 2.11 bits per heavy atom. The quantitative estimate of drug-likeness (QED) is 0.812. The summed E-state index contributed by atoms with van der Waals surface area (Å²) >= 11 is 0. The first-order valence-corrected chi connectivity index (χ1v) is 4.70. The standard InChI is InChI=1S/C10H10F3NO4/c1-17-7-4-2-3-6(8(7)15)9(16)14-18-5-10(11,12)13/h2-4,15H,5H2,1H3,(H,14,16). The van der Waals surface area contributed by atoms with Crippen molar-refractivity contribution in [3.63, 3.8) is 0 Å². The van der Waals surface area contributed by atoms with Gasteiger partial charge in [-0.15, -0.1) is 0 Å². The molecule has 5 nitrogen and oxygen atoms in total. The summed E-state index contributed by atoms with van der Waals surface area (Å²) in [4.78, 5) is 15.4. The van der Waals surface area contributed by atoms with Crippen LogP contribution in [-0.2, 0) is 4.84 Å². The maximum Gasteiger partial charge on any atom is 0.414 e. The van der Waals surface area contributed by atoms with Crippen LogP contribution in [0.25, 0.3) is 0 Å². The summed E-state index contributed by atoms with van der Waals surface area (Å²) in [5.74, 6) is -1.46. The molecule has 0 fully saturated rings. The van der Waals surface area contributed by atoms with Crippen molar-refractivity contribution in [3.8, 4) is 11.5 Å². The van der Waals surface area contributed by atoms with Gasteiger partial charge in [0, 0.05) is 0 Å². The van der Waals surface area contributed by atoms with Crippen molar-refractivity contribution in [2.24, 2.45) is 0 Å². The number of amides is 1. The molecule has 1 amide bonds. The van der Waals surface area contributed by atoms with Crippen molar-refractivity contribution in [1.29, 1.82) is 0 Å². The van der Waals surface area contributed by atoms with Crippen LogP contribution in [0.15, 0.2) is 18.2 Å². The molecule has 2 N–H and O–H groups in total. The Balaban J connectivity index is 2.68. The normalized spacial score (nSPS) is 11.1. The van der Waals surface area contributed by atoms with Gasteiger partial charge in [0.1, 0.15) is 0 Å². The highest BCUT2D eigenvalue weighted by atomic mass is 19.4. The predicted molar refractivity (Wildman–Crippen MR) is 54.1 cm³/mol. The van der Waals surface area contributed by atoms with Gasteiger partial charge in [0.25, 0.3) is 5.91 Å².